The molecule has 1 aliphatic carbocycles. The minimum absolute atomic E-state index is 0.0298. The van der Waals surface area contributed by atoms with Gasteiger partial charge in [-0.15, -0.1) is 5.10 Å². The number of benzene rings is 1. The topological polar surface area (TPSA) is 46.8 Å². The minimum Gasteiger partial charge on any atom is -0.291 e. The van der Waals surface area contributed by atoms with Crippen molar-refractivity contribution in [2.45, 2.75) is 57.4 Å². The van der Waals surface area contributed by atoms with E-state index in [2.05, 4.69) is 51.6 Å². The first-order valence-corrected chi connectivity index (χ1v) is 8.91. The summed E-state index contributed by atoms with van der Waals surface area (Å²) in [7, 11) is 0. The fraction of sp³-hybridized carbons (Fsp3) is 0.611. The van der Waals surface area contributed by atoms with Crippen molar-refractivity contribution in [2.24, 2.45) is 0 Å². The second-order valence-electron chi connectivity index (χ2n) is 7.04. The van der Waals surface area contributed by atoms with Gasteiger partial charge in [-0.25, -0.2) is 0 Å². The zero-order chi connectivity index (χ0) is 15.7. The molecule has 5 nitrogen and oxygen atoms in total. The molecular formula is C18H25N5. The van der Waals surface area contributed by atoms with Crippen LogP contribution < -0.4 is 0 Å². The third-order valence-electron chi connectivity index (χ3n) is 5.52. The maximum Gasteiger partial charge on any atom is 0.176 e. The number of aryl methyl sites for hydroxylation is 1. The monoisotopic (exact) mass is 311 g/mol. The van der Waals surface area contributed by atoms with Crippen LogP contribution in [0.25, 0.3) is 5.69 Å². The van der Waals surface area contributed by atoms with Crippen molar-refractivity contribution in [1.82, 2.24) is 25.1 Å². The van der Waals surface area contributed by atoms with E-state index in [1.807, 2.05) is 4.68 Å². The van der Waals surface area contributed by atoms with Crippen molar-refractivity contribution >= 4 is 0 Å². The Kier molecular flexibility index (Phi) is 3.89. The van der Waals surface area contributed by atoms with Gasteiger partial charge in [0.25, 0.3) is 0 Å². The Morgan fingerprint density at radius 3 is 2.52 bits per heavy atom. The van der Waals surface area contributed by atoms with Crippen molar-refractivity contribution < 1.29 is 0 Å². The van der Waals surface area contributed by atoms with Gasteiger partial charge in [0.05, 0.1) is 11.2 Å². The largest absolute Gasteiger partial charge is 0.291 e. The van der Waals surface area contributed by atoms with Crippen LogP contribution in [-0.2, 0) is 5.54 Å². The molecule has 2 aliphatic rings. The number of aromatic nitrogens is 4. The maximum absolute atomic E-state index is 4.52. The molecule has 1 aliphatic heterocycles. The third kappa shape index (κ3) is 2.57. The van der Waals surface area contributed by atoms with E-state index in [1.54, 1.807) is 0 Å². The molecule has 122 valence electrons. The summed E-state index contributed by atoms with van der Waals surface area (Å²) in [5, 5.41) is 12.9. The average Bonchev–Trinajstić information content (AvgIpc) is 3.28. The summed E-state index contributed by atoms with van der Waals surface area (Å²) >= 11 is 0. The first-order chi connectivity index (χ1) is 11.3. The normalized spacial score (nSPS) is 21.6. The quantitative estimate of drug-likeness (QED) is 0.873. The molecule has 2 fully saturated rings. The van der Waals surface area contributed by atoms with Gasteiger partial charge in [0.2, 0.25) is 0 Å². The molecule has 1 aromatic heterocycles. The number of tetrazole rings is 1. The van der Waals surface area contributed by atoms with E-state index in [0.717, 1.165) is 11.5 Å². The lowest BCUT2D eigenvalue weighted by molar-refractivity contribution is 0.0595. The van der Waals surface area contributed by atoms with E-state index < -0.39 is 0 Å². The summed E-state index contributed by atoms with van der Waals surface area (Å²) in [6.07, 6.45) is 8.84. The summed E-state index contributed by atoms with van der Waals surface area (Å²) in [4.78, 5) is 2.66. The molecule has 0 N–H and O–H groups in total. The fourth-order valence-corrected chi connectivity index (χ4v) is 4.37. The van der Waals surface area contributed by atoms with Crippen LogP contribution >= 0.6 is 0 Å². The number of likely N-dealkylation sites (tertiary alicyclic amines) is 1. The number of rotatable bonds is 3. The van der Waals surface area contributed by atoms with E-state index >= 15 is 0 Å². The first-order valence-electron chi connectivity index (χ1n) is 8.91. The Bertz CT molecular complexity index is 666. The lowest BCUT2D eigenvalue weighted by Gasteiger charge is -2.43. The molecular weight excluding hydrogens is 286 g/mol. The standard InChI is InChI=1S/C18H25N5/c1-15-8-7-9-16(14-15)23-17(19-20-21-23)18(10-3-2-4-11-18)22-12-5-6-13-22/h7-9,14H,2-6,10-13H2,1H3. The number of nitrogens with zero attached hydrogens (tertiary/aromatic N) is 5. The Morgan fingerprint density at radius 2 is 1.78 bits per heavy atom. The molecule has 1 saturated heterocycles. The predicted octanol–water partition coefficient (Wildman–Crippen LogP) is 3.23. The van der Waals surface area contributed by atoms with E-state index in [4.69, 9.17) is 0 Å². The second-order valence-corrected chi connectivity index (χ2v) is 7.04. The molecule has 4 rings (SSSR count). The highest BCUT2D eigenvalue weighted by Gasteiger charge is 2.44. The highest BCUT2D eigenvalue weighted by atomic mass is 15.6. The Morgan fingerprint density at radius 1 is 1.00 bits per heavy atom. The molecule has 23 heavy (non-hydrogen) atoms. The van der Waals surface area contributed by atoms with Gasteiger partial charge in [0.1, 0.15) is 0 Å². The van der Waals surface area contributed by atoms with Crippen LogP contribution in [0, 0.1) is 6.92 Å². The van der Waals surface area contributed by atoms with E-state index in [0.29, 0.717) is 0 Å². The molecule has 0 amide bonds. The van der Waals surface area contributed by atoms with Gasteiger partial charge in [0.15, 0.2) is 5.82 Å². The van der Waals surface area contributed by atoms with E-state index in [9.17, 15) is 0 Å². The zero-order valence-corrected chi connectivity index (χ0v) is 13.9. The Labute approximate surface area is 137 Å². The SMILES string of the molecule is Cc1cccc(-n2nnnc2C2(N3CCCC3)CCCCC2)c1. The number of hydrogen-bond donors (Lipinski definition) is 0. The van der Waals surface area contributed by atoms with Gasteiger partial charge in [-0.3, -0.25) is 4.90 Å². The highest BCUT2D eigenvalue weighted by molar-refractivity contribution is 5.36. The fourth-order valence-electron chi connectivity index (χ4n) is 4.37. The molecule has 0 radical (unpaired) electrons. The molecule has 1 aromatic carbocycles. The zero-order valence-electron chi connectivity index (χ0n) is 13.9. The molecule has 0 bridgehead atoms. The lowest BCUT2D eigenvalue weighted by atomic mass is 9.79. The van der Waals surface area contributed by atoms with Crippen LogP contribution in [0.15, 0.2) is 24.3 Å². The summed E-state index contributed by atoms with van der Waals surface area (Å²) in [5.74, 6) is 1.05. The van der Waals surface area contributed by atoms with Crippen LogP contribution in [-0.4, -0.2) is 38.2 Å². The van der Waals surface area contributed by atoms with Crippen LogP contribution in [0.4, 0.5) is 0 Å². The van der Waals surface area contributed by atoms with Gasteiger partial charge in [-0.2, -0.15) is 4.68 Å². The summed E-state index contributed by atoms with van der Waals surface area (Å²) in [6, 6.07) is 8.47. The molecule has 1 saturated carbocycles. The van der Waals surface area contributed by atoms with Gasteiger partial charge < -0.3 is 0 Å². The van der Waals surface area contributed by atoms with Crippen molar-refractivity contribution in [2.75, 3.05) is 13.1 Å². The highest BCUT2D eigenvalue weighted by Crippen LogP contribution is 2.43. The van der Waals surface area contributed by atoms with Crippen molar-refractivity contribution in [1.29, 1.82) is 0 Å². The van der Waals surface area contributed by atoms with Crippen molar-refractivity contribution in [3.63, 3.8) is 0 Å². The number of hydrogen-bond acceptors (Lipinski definition) is 4. The lowest BCUT2D eigenvalue weighted by Crippen LogP contribution is -2.47. The second kappa shape index (κ2) is 6.04. The van der Waals surface area contributed by atoms with Crippen molar-refractivity contribution in [3.8, 4) is 5.69 Å². The van der Waals surface area contributed by atoms with Gasteiger partial charge in [-0.1, -0.05) is 31.4 Å². The average molecular weight is 311 g/mol. The maximum atomic E-state index is 4.52. The smallest absolute Gasteiger partial charge is 0.176 e. The van der Waals surface area contributed by atoms with Gasteiger partial charge in [-0.05, 0) is 73.8 Å². The molecule has 2 heterocycles. The molecule has 5 heteroatoms. The molecule has 2 aromatic rings. The molecule has 0 spiro atoms. The van der Waals surface area contributed by atoms with Gasteiger partial charge in [0, 0.05) is 0 Å². The predicted molar refractivity (Wildman–Crippen MR) is 89.5 cm³/mol. The Hall–Kier alpha value is -1.75. The van der Waals surface area contributed by atoms with Crippen LogP contribution in [0.5, 0.6) is 0 Å². The van der Waals surface area contributed by atoms with Crippen molar-refractivity contribution in [3.05, 3.63) is 35.7 Å². The Balaban J connectivity index is 1.79. The molecule has 0 atom stereocenters. The van der Waals surface area contributed by atoms with Crippen LogP contribution in [0.2, 0.25) is 0 Å². The van der Waals surface area contributed by atoms with Crippen LogP contribution in [0.1, 0.15) is 56.3 Å². The molecule has 0 unspecified atom stereocenters. The first kappa shape index (κ1) is 14.8. The van der Waals surface area contributed by atoms with Gasteiger partial charge >= 0.3 is 0 Å². The third-order valence-corrected chi connectivity index (χ3v) is 5.52. The van der Waals surface area contributed by atoms with E-state index in [-0.39, 0.29) is 5.54 Å². The van der Waals surface area contributed by atoms with E-state index in [1.165, 1.54) is 63.6 Å². The summed E-state index contributed by atoms with van der Waals surface area (Å²) in [6.45, 7) is 4.48. The van der Waals surface area contributed by atoms with Crippen LogP contribution in [0.3, 0.4) is 0 Å². The summed E-state index contributed by atoms with van der Waals surface area (Å²) < 4.78 is 1.98. The minimum atomic E-state index is 0.0298. The summed E-state index contributed by atoms with van der Waals surface area (Å²) in [5.41, 5.74) is 2.35.